The maximum Gasteiger partial charge on any atom is 0.252 e. The normalized spacial score (nSPS) is 16.2. The van der Waals surface area contributed by atoms with Crippen LogP contribution in [0.5, 0.6) is 0 Å². The molecule has 0 saturated heterocycles. The second kappa shape index (κ2) is 9.67. The van der Waals surface area contributed by atoms with Crippen molar-refractivity contribution in [2.24, 2.45) is 22.4 Å². The Morgan fingerprint density at radius 2 is 2.00 bits per heavy atom. The maximum atomic E-state index is 14.6. The molecule has 1 aliphatic heterocycles. The average Bonchev–Trinajstić information content (AvgIpc) is 2.73. The van der Waals surface area contributed by atoms with Gasteiger partial charge >= 0.3 is 0 Å². The lowest BCUT2D eigenvalue weighted by Gasteiger charge is -2.23. The Kier molecular flexibility index (Phi) is 6.96. The van der Waals surface area contributed by atoms with Crippen molar-refractivity contribution in [1.29, 1.82) is 0 Å². The van der Waals surface area contributed by atoms with Gasteiger partial charge in [0, 0.05) is 30.3 Å². The van der Waals surface area contributed by atoms with Crippen LogP contribution in [0.25, 0.3) is 0 Å². The monoisotopic (exact) mass is 448 g/mol. The van der Waals surface area contributed by atoms with Crippen molar-refractivity contribution in [1.82, 2.24) is 4.98 Å². The quantitative estimate of drug-likeness (QED) is 0.492. The third kappa shape index (κ3) is 5.34. The van der Waals surface area contributed by atoms with Crippen molar-refractivity contribution in [3.8, 4) is 0 Å². The predicted molar refractivity (Wildman–Crippen MR) is 115 cm³/mol. The molecule has 11 heteroatoms. The van der Waals surface area contributed by atoms with E-state index in [0.717, 1.165) is 17.3 Å². The van der Waals surface area contributed by atoms with E-state index in [4.69, 9.17) is 11.5 Å². The molecule has 2 heterocycles. The molecule has 32 heavy (non-hydrogen) atoms. The number of hydrogen-bond acceptors (Lipinski definition) is 6. The van der Waals surface area contributed by atoms with Crippen molar-refractivity contribution < 1.29 is 22.8 Å². The van der Waals surface area contributed by atoms with Crippen LogP contribution in [-0.2, 0) is 11.2 Å². The summed E-state index contributed by atoms with van der Waals surface area (Å²) in [5, 5.41) is 5.80. The van der Waals surface area contributed by atoms with Gasteiger partial charge in [-0.3, -0.25) is 9.59 Å². The Morgan fingerprint density at radius 1 is 1.28 bits per heavy atom. The molecular weight excluding hydrogens is 425 g/mol. The number of aromatic nitrogens is 1. The molecule has 1 aliphatic rings. The fourth-order valence-electron chi connectivity index (χ4n) is 3.48. The molecule has 1 aromatic heterocycles. The summed E-state index contributed by atoms with van der Waals surface area (Å²) < 4.78 is 40.2. The number of halogens is 3. The molecule has 3 rings (SSSR count). The van der Waals surface area contributed by atoms with Gasteiger partial charge in [0.1, 0.15) is 0 Å². The van der Waals surface area contributed by atoms with Gasteiger partial charge in [-0.2, -0.15) is 0 Å². The van der Waals surface area contributed by atoms with Crippen LogP contribution >= 0.6 is 0 Å². The van der Waals surface area contributed by atoms with Crippen LogP contribution < -0.4 is 22.1 Å². The SMILES string of the molecule is CC(Nc1nc(N=C2CNc3ccccc3C2)c(C(N)=O)cc1F)C(CC(F)F)C(N)=O. The summed E-state index contributed by atoms with van der Waals surface area (Å²) in [6, 6.07) is 7.55. The number of rotatable bonds is 8. The summed E-state index contributed by atoms with van der Waals surface area (Å²) in [6.07, 6.45) is -3.07. The van der Waals surface area contributed by atoms with Gasteiger partial charge in [-0.05, 0) is 24.6 Å². The number of alkyl halides is 2. The Balaban J connectivity index is 1.92. The van der Waals surface area contributed by atoms with E-state index in [1.54, 1.807) is 0 Å². The van der Waals surface area contributed by atoms with Crippen LogP contribution in [0.2, 0.25) is 0 Å². The number of carbonyl (C=O) groups excluding carboxylic acids is 2. The molecule has 2 amide bonds. The fraction of sp³-hybridized carbons (Fsp3) is 0.333. The summed E-state index contributed by atoms with van der Waals surface area (Å²) in [6.45, 7) is 1.79. The number of pyridine rings is 1. The standard InChI is InChI=1S/C21H23F3N6O2/c1-10(13(18(25)31)8-17(23)24)28-21-15(22)7-14(19(26)32)20(30-21)29-12-6-11-4-2-3-5-16(11)27-9-12/h2-5,7,10,13,17,27H,6,8-9H2,1H3,(H2,25,31)(H2,26,32)(H,28,30). The molecule has 2 unspecified atom stereocenters. The third-order valence-electron chi connectivity index (χ3n) is 5.15. The van der Waals surface area contributed by atoms with Gasteiger partial charge < -0.3 is 22.1 Å². The molecule has 170 valence electrons. The molecule has 2 atom stereocenters. The minimum Gasteiger partial charge on any atom is -0.379 e. The smallest absolute Gasteiger partial charge is 0.252 e. The fourth-order valence-corrected chi connectivity index (χ4v) is 3.48. The lowest BCUT2D eigenvalue weighted by molar-refractivity contribution is -0.123. The van der Waals surface area contributed by atoms with Crippen LogP contribution in [0, 0.1) is 11.7 Å². The van der Waals surface area contributed by atoms with Crippen LogP contribution in [0.15, 0.2) is 35.3 Å². The van der Waals surface area contributed by atoms with Crippen molar-refractivity contribution in [2.45, 2.75) is 32.2 Å². The van der Waals surface area contributed by atoms with E-state index in [2.05, 4.69) is 20.6 Å². The minimum absolute atomic E-state index is 0.116. The summed E-state index contributed by atoms with van der Waals surface area (Å²) in [7, 11) is 0. The number of hydrogen-bond donors (Lipinski definition) is 4. The number of nitrogens with zero attached hydrogens (tertiary/aromatic N) is 2. The van der Waals surface area contributed by atoms with Gasteiger partial charge in [-0.15, -0.1) is 0 Å². The molecule has 6 N–H and O–H groups in total. The van der Waals surface area contributed by atoms with Crippen LogP contribution in [0.4, 0.5) is 30.5 Å². The van der Waals surface area contributed by atoms with E-state index in [1.807, 2.05) is 24.3 Å². The zero-order valence-electron chi connectivity index (χ0n) is 17.2. The van der Waals surface area contributed by atoms with E-state index in [-0.39, 0.29) is 17.2 Å². The number of carbonyl (C=O) groups is 2. The van der Waals surface area contributed by atoms with E-state index in [1.165, 1.54) is 6.92 Å². The van der Waals surface area contributed by atoms with Gasteiger partial charge in [-0.25, -0.2) is 23.1 Å². The molecular formula is C21H23F3N6O2. The maximum absolute atomic E-state index is 14.6. The van der Waals surface area contributed by atoms with Crippen LogP contribution in [-0.4, -0.2) is 41.5 Å². The number of aliphatic imine (C=N–C) groups is 1. The van der Waals surface area contributed by atoms with E-state index in [0.29, 0.717) is 18.7 Å². The van der Waals surface area contributed by atoms with Crippen molar-refractivity contribution in [3.63, 3.8) is 0 Å². The number of amides is 2. The molecule has 1 aromatic carbocycles. The van der Waals surface area contributed by atoms with E-state index in [9.17, 15) is 22.8 Å². The number of nitrogens with one attached hydrogen (secondary N) is 2. The van der Waals surface area contributed by atoms with E-state index < -0.39 is 42.4 Å². The highest BCUT2D eigenvalue weighted by molar-refractivity contribution is 6.01. The molecule has 0 fully saturated rings. The van der Waals surface area contributed by atoms with Gasteiger partial charge in [0.25, 0.3) is 5.91 Å². The first-order valence-corrected chi connectivity index (χ1v) is 9.88. The summed E-state index contributed by atoms with van der Waals surface area (Å²) in [4.78, 5) is 31.9. The van der Waals surface area contributed by atoms with Crippen LogP contribution in [0.3, 0.4) is 0 Å². The Hall–Kier alpha value is -3.63. The first-order chi connectivity index (χ1) is 15.2. The minimum atomic E-state index is -2.77. The highest BCUT2D eigenvalue weighted by Crippen LogP contribution is 2.27. The zero-order valence-corrected chi connectivity index (χ0v) is 17.2. The molecule has 0 bridgehead atoms. The molecule has 0 aliphatic carbocycles. The summed E-state index contributed by atoms with van der Waals surface area (Å²) in [5.41, 5.74) is 12.9. The second-order valence-electron chi connectivity index (χ2n) is 7.49. The first-order valence-electron chi connectivity index (χ1n) is 9.88. The summed E-state index contributed by atoms with van der Waals surface area (Å²) in [5.74, 6) is -4.55. The number of primary amides is 2. The Bertz CT molecular complexity index is 1060. The number of nitrogens with two attached hydrogens (primary N) is 2. The largest absolute Gasteiger partial charge is 0.379 e. The molecule has 8 nitrogen and oxygen atoms in total. The van der Waals surface area contributed by atoms with Crippen molar-refractivity contribution in [3.05, 3.63) is 47.3 Å². The van der Waals surface area contributed by atoms with Gasteiger partial charge in [0.05, 0.1) is 18.0 Å². The number of anilines is 2. The van der Waals surface area contributed by atoms with Crippen molar-refractivity contribution in [2.75, 3.05) is 17.2 Å². The average molecular weight is 448 g/mol. The predicted octanol–water partition coefficient (Wildman–Crippen LogP) is 2.62. The van der Waals surface area contributed by atoms with Crippen LogP contribution in [0.1, 0.15) is 29.3 Å². The summed E-state index contributed by atoms with van der Waals surface area (Å²) >= 11 is 0. The molecule has 0 spiro atoms. The van der Waals surface area contributed by atoms with Gasteiger partial charge in [0.2, 0.25) is 12.3 Å². The van der Waals surface area contributed by atoms with Gasteiger partial charge in [0.15, 0.2) is 17.5 Å². The lowest BCUT2D eigenvalue weighted by atomic mass is 9.97. The topological polar surface area (TPSA) is 135 Å². The third-order valence-corrected chi connectivity index (χ3v) is 5.15. The van der Waals surface area contributed by atoms with Crippen molar-refractivity contribution >= 4 is 34.8 Å². The van der Waals surface area contributed by atoms with Gasteiger partial charge in [-0.1, -0.05) is 18.2 Å². The number of para-hydroxylation sites is 1. The molecule has 0 saturated carbocycles. The Morgan fingerprint density at radius 3 is 2.66 bits per heavy atom. The first kappa shape index (κ1) is 23.0. The van der Waals surface area contributed by atoms with E-state index >= 15 is 0 Å². The Labute approximate surface area is 182 Å². The number of fused-ring (bicyclic) bond motifs is 1. The second-order valence-corrected chi connectivity index (χ2v) is 7.49. The number of benzene rings is 1. The lowest BCUT2D eigenvalue weighted by Crippen LogP contribution is -2.38. The zero-order chi connectivity index (χ0) is 23.4. The molecule has 2 aromatic rings. The highest BCUT2D eigenvalue weighted by Gasteiger charge is 2.28. The molecule has 0 radical (unpaired) electrons. The highest BCUT2D eigenvalue weighted by atomic mass is 19.3.